The first-order valence-electron chi connectivity index (χ1n) is 12.2. The largest absolute Gasteiger partial charge is 0.379 e. The molecule has 0 aromatic heterocycles. The van der Waals surface area contributed by atoms with Gasteiger partial charge in [0.05, 0.1) is 19.3 Å². The van der Waals surface area contributed by atoms with Crippen molar-refractivity contribution in [2.24, 2.45) is 16.8 Å². The summed E-state index contributed by atoms with van der Waals surface area (Å²) in [6.45, 7) is 14.2. The first kappa shape index (κ1) is 22.6. The van der Waals surface area contributed by atoms with Crippen LogP contribution in [0, 0.1) is 18.8 Å². The van der Waals surface area contributed by atoms with E-state index in [9.17, 15) is 0 Å². The fourth-order valence-electron chi connectivity index (χ4n) is 5.11. The number of morpholine rings is 1. The molecule has 0 spiro atoms. The molecule has 31 heavy (non-hydrogen) atoms. The van der Waals surface area contributed by atoms with Gasteiger partial charge in [-0.25, -0.2) is 0 Å². The Labute approximate surface area is 188 Å². The molecule has 6 heteroatoms. The fourth-order valence-corrected chi connectivity index (χ4v) is 5.11. The molecule has 0 amide bonds. The summed E-state index contributed by atoms with van der Waals surface area (Å²) in [4.78, 5) is 10.1. The molecular formula is C25H40N4O2. The molecule has 0 saturated carbocycles. The normalized spacial score (nSPS) is 28.1. The summed E-state index contributed by atoms with van der Waals surface area (Å²) in [5.74, 6) is 2.25. The van der Waals surface area contributed by atoms with Crippen LogP contribution in [0.25, 0.3) is 0 Å². The molecule has 0 aliphatic carbocycles. The van der Waals surface area contributed by atoms with E-state index in [-0.39, 0.29) is 6.10 Å². The summed E-state index contributed by atoms with van der Waals surface area (Å²) in [5, 5.41) is 3.55. The van der Waals surface area contributed by atoms with E-state index in [0.29, 0.717) is 5.92 Å². The van der Waals surface area contributed by atoms with Gasteiger partial charge in [-0.3, -0.25) is 9.89 Å². The molecule has 3 heterocycles. The molecule has 3 unspecified atom stereocenters. The van der Waals surface area contributed by atoms with Crippen LogP contribution < -0.4 is 5.32 Å². The first-order valence-corrected chi connectivity index (χ1v) is 12.2. The van der Waals surface area contributed by atoms with E-state index in [1.165, 1.54) is 30.5 Å². The Bertz CT molecular complexity index is 702. The molecule has 0 radical (unpaired) electrons. The Balaban J connectivity index is 1.36. The second-order valence-electron chi connectivity index (χ2n) is 9.31. The summed E-state index contributed by atoms with van der Waals surface area (Å²) in [7, 11) is 0. The number of guanidine groups is 1. The Morgan fingerprint density at radius 3 is 2.68 bits per heavy atom. The predicted molar refractivity (Wildman–Crippen MR) is 126 cm³/mol. The molecule has 6 nitrogen and oxygen atoms in total. The van der Waals surface area contributed by atoms with Crippen molar-refractivity contribution in [3.63, 3.8) is 0 Å². The molecular weight excluding hydrogens is 388 g/mol. The molecule has 1 N–H and O–H groups in total. The average Bonchev–Trinajstić information content (AvgIpc) is 3.26. The number of benzene rings is 1. The summed E-state index contributed by atoms with van der Waals surface area (Å²) in [6.07, 6.45) is 3.72. The maximum atomic E-state index is 6.22. The highest BCUT2D eigenvalue weighted by Gasteiger charge is 2.29. The predicted octanol–water partition coefficient (Wildman–Crippen LogP) is 3.08. The third-order valence-corrected chi connectivity index (χ3v) is 6.87. The number of nitrogens with zero attached hydrogens (tertiary/aromatic N) is 3. The van der Waals surface area contributed by atoms with Crippen molar-refractivity contribution >= 4 is 5.96 Å². The van der Waals surface area contributed by atoms with Crippen LogP contribution >= 0.6 is 0 Å². The zero-order valence-electron chi connectivity index (χ0n) is 19.4. The van der Waals surface area contributed by atoms with Crippen LogP contribution in [0.4, 0.5) is 0 Å². The van der Waals surface area contributed by atoms with Gasteiger partial charge < -0.3 is 19.7 Å². The Morgan fingerprint density at radius 2 is 1.90 bits per heavy atom. The molecule has 172 valence electrons. The van der Waals surface area contributed by atoms with Crippen molar-refractivity contribution < 1.29 is 9.47 Å². The minimum atomic E-state index is 0.161. The molecule has 3 aliphatic rings. The fraction of sp³-hybridized carbons (Fsp3) is 0.720. The van der Waals surface area contributed by atoms with E-state index in [1.54, 1.807) is 0 Å². The van der Waals surface area contributed by atoms with E-state index in [4.69, 9.17) is 14.5 Å². The van der Waals surface area contributed by atoms with Gasteiger partial charge in [0, 0.05) is 58.3 Å². The summed E-state index contributed by atoms with van der Waals surface area (Å²) >= 11 is 0. The maximum absolute atomic E-state index is 6.22. The second kappa shape index (κ2) is 11.3. The van der Waals surface area contributed by atoms with Gasteiger partial charge in [-0.15, -0.1) is 0 Å². The molecule has 3 saturated heterocycles. The van der Waals surface area contributed by atoms with E-state index in [1.807, 2.05) is 0 Å². The highest BCUT2D eigenvalue weighted by Crippen LogP contribution is 2.34. The van der Waals surface area contributed by atoms with Crippen LogP contribution in [0.1, 0.15) is 43.4 Å². The van der Waals surface area contributed by atoms with Crippen LogP contribution in [0.3, 0.4) is 0 Å². The minimum absolute atomic E-state index is 0.161. The van der Waals surface area contributed by atoms with Gasteiger partial charge in [-0.2, -0.15) is 0 Å². The number of aryl methyl sites for hydroxylation is 1. The van der Waals surface area contributed by atoms with E-state index >= 15 is 0 Å². The van der Waals surface area contributed by atoms with Crippen molar-refractivity contribution in [2.75, 3.05) is 65.6 Å². The number of rotatable bonds is 6. The first-order chi connectivity index (χ1) is 15.2. The SMILES string of the molecule is CCNC(=NCC1CCCOC1c1ccc(C)cc1)N1CCC(CN2CCOCC2)C1. The zero-order chi connectivity index (χ0) is 21.5. The van der Waals surface area contributed by atoms with E-state index in [0.717, 1.165) is 77.4 Å². The topological polar surface area (TPSA) is 49.3 Å². The summed E-state index contributed by atoms with van der Waals surface area (Å²) in [6, 6.07) is 8.83. The van der Waals surface area contributed by atoms with Gasteiger partial charge in [-0.05, 0) is 44.6 Å². The number of hydrogen-bond donors (Lipinski definition) is 1. The minimum Gasteiger partial charge on any atom is -0.379 e. The van der Waals surface area contributed by atoms with Crippen molar-refractivity contribution in [1.82, 2.24) is 15.1 Å². The zero-order valence-corrected chi connectivity index (χ0v) is 19.4. The summed E-state index contributed by atoms with van der Waals surface area (Å²) in [5.41, 5.74) is 2.59. The van der Waals surface area contributed by atoms with Crippen molar-refractivity contribution in [2.45, 2.75) is 39.2 Å². The van der Waals surface area contributed by atoms with Crippen LogP contribution in [0.15, 0.2) is 29.3 Å². The van der Waals surface area contributed by atoms with Crippen LogP contribution in [-0.2, 0) is 9.47 Å². The van der Waals surface area contributed by atoms with Gasteiger partial charge in [0.25, 0.3) is 0 Å². The molecule has 0 bridgehead atoms. The standard InChI is InChI=1S/C25H40N4O2/c1-3-26-25(29-11-10-21(19-29)18-28-12-15-30-16-13-28)27-17-23-5-4-14-31-24(23)22-8-6-20(2)7-9-22/h6-9,21,23-24H,3-5,10-19H2,1-2H3,(H,26,27). The van der Waals surface area contributed by atoms with Crippen LogP contribution in [0.5, 0.6) is 0 Å². The number of hydrogen-bond acceptors (Lipinski definition) is 4. The van der Waals surface area contributed by atoms with Gasteiger partial charge in [0.2, 0.25) is 0 Å². The lowest BCUT2D eigenvalue weighted by molar-refractivity contribution is -0.0250. The molecule has 3 fully saturated rings. The third kappa shape index (κ3) is 6.21. The maximum Gasteiger partial charge on any atom is 0.193 e. The molecule has 4 rings (SSSR count). The molecule has 1 aromatic rings. The van der Waals surface area contributed by atoms with Crippen molar-refractivity contribution in [3.05, 3.63) is 35.4 Å². The lowest BCUT2D eigenvalue weighted by atomic mass is 9.89. The molecule has 1 aromatic carbocycles. The third-order valence-electron chi connectivity index (χ3n) is 6.87. The van der Waals surface area contributed by atoms with Crippen LogP contribution in [-0.4, -0.2) is 81.4 Å². The van der Waals surface area contributed by atoms with Gasteiger partial charge >= 0.3 is 0 Å². The average molecular weight is 429 g/mol. The van der Waals surface area contributed by atoms with Gasteiger partial charge in [0.1, 0.15) is 0 Å². The van der Waals surface area contributed by atoms with Gasteiger partial charge in [0.15, 0.2) is 5.96 Å². The lowest BCUT2D eigenvalue weighted by Crippen LogP contribution is -2.42. The number of ether oxygens (including phenoxy) is 2. The Morgan fingerprint density at radius 1 is 1.10 bits per heavy atom. The summed E-state index contributed by atoms with van der Waals surface area (Å²) < 4.78 is 11.7. The highest BCUT2D eigenvalue weighted by molar-refractivity contribution is 5.80. The Kier molecular flexibility index (Phi) is 8.22. The lowest BCUT2D eigenvalue weighted by Gasteiger charge is -2.32. The highest BCUT2D eigenvalue weighted by atomic mass is 16.5. The number of likely N-dealkylation sites (tertiary alicyclic amines) is 1. The van der Waals surface area contributed by atoms with Crippen molar-refractivity contribution in [3.8, 4) is 0 Å². The Hall–Kier alpha value is -1.63. The monoisotopic (exact) mass is 428 g/mol. The van der Waals surface area contributed by atoms with E-state index in [2.05, 4.69) is 53.2 Å². The quantitative estimate of drug-likeness (QED) is 0.557. The van der Waals surface area contributed by atoms with Crippen molar-refractivity contribution in [1.29, 1.82) is 0 Å². The molecule has 3 aliphatic heterocycles. The smallest absolute Gasteiger partial charge is 0.193 e. The molecule has 3 atom stereocenters. The van der Waals surface area contributed by atoms with Crippen LogP contribution in [0.2, 0.25) is 0 Å². The van der Waals surface area contributed by atoms with Gasteiger partial charge in [-0.1, -0.05) is 29.8 Å². The second-order valence-corrected chi connectivity index (χ2v) is 9.31. The number of aliphatic imine (C=N–C) groups is 1. The van der Waals surface area contributed by atoms with E-state index < -0.39 is 0 Å². The number of nitrogens with one attached hydrogen (secondary N) is 1.